The van der Waals surface area contributed by atoms with Crippen molar-refractivity contribution < 1.29 is 14.3 Å². The molecule has 1 amide bonds. The van der Waals surface area contributed by atoms with E-state index >= 15 is 0 Å². The second kappa shape index (κ2) is 12.9. The van der Waals surface area contributed by atoms with Gasteiger partial charge < -0.3 is 14.5 Å². The monoisotopic (exact) mass is 462 g/mol. The van der Waals surface area contributed by atoms with Gasteiger partial charge in [0.05, 0.1) is 6.61 Å². The number of ketones is 1. The van der Waals surface area contributed by atoms with Gasteiger partial charge in [0.1, 0.15) is 0 Å². The number of ether oxygens (including phenoxy) is 1. The standard InChI is InChI=1S/C26H46N4O3/c1-5-8-30-19-21(15-22-18-25(31)23(17-24(22)30)20-27(3)4)16-26(32)29(6-2)11-10-28-9-7-13-33-14-12-28/h20-22,24H,5-19H2,1-4H3/t21-,22-,24-/m1/s1. The summed E-state index contributed by atoms with van der Waals surface area (Å²) in [7, 11) is 3.97. The third-order valence-electron chi connectivity index (χ3n) is 7.50. The largest absolute Gasteiger partial charge is 0.383 e. The quantitative estimate of drug-likeness (QED) is 0.491. The molecular weight excluding hydrogens is 416 g/mol. The SMILES string of the molecule is CCCN1C[C@@H](CC(=O)N(CC)CCN2CCCOCC2)C[C@@H]2CC(=O)C(=CN(C)C)C[C@H]21. The molecule has 0 aromatic carbocycles. The summed E-state index contributed by atoms with van der Waals surface area (Å²) >= 11 is 0. The van der Waals surface area contributed by atoms with Gasteiger partial charge in [0, 0.05) is 90.6 Å². The summed E-state index contributed by atoms with van der Waals surface area (Å²) in [4.78, 5) is 35.0. The van der Waals surface area contributed by atoms with Crippen LogP contribution in [0.15, 0.2) is 11.8 Å². The highest BCUT2D eigenvalue weighted by atomic mass is 16.5. The van der Waals surface area contributed by atoms with E-state index in [1.807, 2.05) is 30.1 Å². The molecule has 0 aromatic rings. The molecule has 3 rings (SSSR count). The Morgan fingerprint density at radius 1 is 1.15 bits per heavy atom. The Bertz CT molecular complexity index is 672. The van der Waals surface area contributed by atoms with E-state index in [0.29, 0.717) is 36.5 Å². The number of hydrogen-bond donors (Lipinski definition) is 0. The number of carbonyl (C=O) groups is 2. The van der Waals surface area contributed by atoms with Crippen molar-refractivity contribution in [2.45, 2.75) is 58.4 Å². The zero-order valence-electron chi connectivity index (χ0n) is 21.4. The van der Waals surface area contributed by atoms with Gasteiger partial charge in [-0.25, -0.2) is 0 Å². The lowest BCUT2D eigenvalue weighted by Gasteiger charge is -2.47. The average molecular weight is 463 g/mol. The molecule has 1 saturated carbocycles. The van der Waals surface area contributed by atoms with Crippen LogP contribution in [-0.2, 0) is 14.3 Å². The van der Waals surface area contributed by atoms with Crippen LogP contribution in [0.3, 0.4) is 0 Å². The van der Waals surface area contributed by atoms with Crippen LogP contribution in [0, 0.1) is 11.8 Å². The number of piperidine rings is 1. The van der Waals surface area contributed by atoms with Crippen molar-refractivity contribution in [2.24, 2.45) is 11.8 Å². The highest BCUT2D eigenvalue weighted by Crippen LogP contribution is 2.39. The first kappa shape index (κ1) is 26.2. The van der Waals surface area contributed by atoms with Gasteiger partial charge in [-0.1, -0.05) is 6.92 Å². The molecule has 7 nitrogen and oxygen atoms in total. The Hall–Kier alpha value is -1.44. The molecule has 3 atom stereocenters. The van der Waals surface area contributed by atoms with Gasteiger partial charge in [-0.2, -0.15) is 0 Å². The van der Waals surface area contributed by atoms with Crippen LogP contribution >= 0.6 is 0 Å². The number of fused-ring (bicyclic) bond motifs is 1. The zero-order chi connectivity index (χ0) is 23.8. The normalized spacial score (nSPS) is 28.4. The number of nitrogens with zero attached hydrogens (tertiary/aromatic N) is 4. The molecule has 3 aliphatic rings. The van der Waals surface area contributed by atoms with E-state index in [0.717, 1.165) is 90.3 Å². The maximum Gasteiger partial charge on any atom is 0.222 e. The molecule has 2 heterocycles. The van der Waals surface area contributed by atoms with Crippen LogP contribution in [0.1, 0.15) is 52.4 Å². The van der Waals surface area contributed by atoms with Gasteiger partial charge in [0.25, 0.3) is 0 Å². The van der Waals surface area contributed by atoms with Crippen molar-refractivity contribution in [2.75, 3.05) is 73.1 Å². The fourth-order valence-corrected chi connectivity index (χ4v) is 5.90. The van der Waals surface area contributed by atoms with Gasteiger partial charge in [-0.05, 0) is 51.0 Å². The fourth-order valence-electron chi connectivity index (χ4n) is 5.90. The van der Waals surface area contributed by atoms with Crippen molar-refractivity contribution in [3.63, 3.8) is 0 Å². The van der Waals surface area contributed by atoms with E-state index in [2.05, 4.69) is 23.6 Å². The summed E-state index contributed by atoms with van der Waals surface area (Å²) in [6.07, 6.45) is 7.27. The lowest BCUT2D eigenvalue weighted by molar-refractivity contribution is -0.133. The molecule has 0 spiro atoms. The molecule has 3 fully saturated rings. The van der Waals surface area contributed by atoms with Crippen LogP contribution in [0.2, 0.25) is 0 Å². The first-order chi connectivity index (χ1) is 15.9. The molecule has 1 aliphatic carbocycles. The molecule has 188 valence electrons. The minimum absolute atomic E-state index is 0.277. The summed E-state index contributed by atoms with van der Waals surface area (Å²) in [6, 6.07) is 0.438. The maximum atomic E-state index is 13.2. The highest BCUT2D eigenvalue weighted by molar-refractivity contribution is 5.96. The number of hydrogen-bond acceptors (Lipinski definition) is 6. The maximum absolute atomic E-state index is 13.2. The van der Waals surface area contributed by atoms with Gasteiger partial charge in [-0.3, -0.25) is 19.4 Å². The zero-order valence-corrected chi connectivity index (χ0v) is 21.4. The fraction of sp³-hybridized carbons (Fsp3) is 0.846. The van der Waals surface area contributed by atoms with Gasteiger partial charge in [0.2, 0.25) is 5.91 Å². The Morgan fingerprint density at radius 2 is 1.97 bits per heavy atom. The smallest absolute Gasteiger partial charge is 0.222 e. The molecule has 0 N–H and O–H groups in total. The van der Waals surface area contributed by atoms with Gasteiger partial charge in [-0.15, -0.1) is 0 Å². The first-order valence-electron chi connectivity index (χ1n) is 13.1. The molecular formula is C26H46N4O3. The Kier molecular flexibility index (Phi) is 10.2. The van der Waals surface area contributed by atoms with Crippen molar-refractivity contribution in [3.8, 4) is 0 Å². The summed E-state index contributed by atoms with van der Waals surface area (Å²) in [6.45, 7) is 12.5. The number of Topliss-reactive ketones (excluding diaryl/α,β-unsaturated/α-hetero) is 1. The summed E-state index contributed by atoms with van der Waals surface area (Å²) in [5.74, 6) is 1.30. The van der Waals surface area contributed by atoms with Crippen LogP contribution in [0.5, 0.6) is 0 Å². The van der Waals surface area contributed by atoms with Crippen molar-refractivity contribution in [3.05, 3.63) is 11.8 Å². The Balaban J connectivity index is 1.58. The lowest BCUT2D eigenvalue weighted by Crippen LogP contribution is -2.52. The molecule has 0 aromatic heterocycles. The number of likely N-dealkylation sites (N-methyl/N-ethyl adjacent to an activating group) is 1. The number of amides is 1. The van der Waals surface area contributed by atoms with Crippen molar-refractivity contribution in [1.29, 1.82) is 0 Å². The molecule has 0 radical (unpaired) electrons. The predicted octanol–water partition coefficient (Wildman–Crippen LogP) is 2.47. The Morgan fingerprint density at radius 3 is 2.70 bits per heavy atom. The highest BCUT2D eigenvalue weighted by Gasteiger charge is 2.41. The first-order valence-corrected chi connectivity index (χ1v) is 13.1. The third-order valence-corrected chi connectivity index (χ3v) is 7.50. The Labute approximate surface area is 201 Å². The van der Waals surface area contributed by atoms with E-state index in [-0.39, 0.29) is 5.91 Å². The molecule has 2 saturated heterocycles. The summed E-state index contributed by atoms with van der Waals surface area (Å²) in [5.41, 5.74) is 0.966. The van der Waals surface area contributed by atoms with Crippen LogP contribution in [0.4, 0.5) is 0 Å². The average Bonchev–Trinajstić information content (AvgIpc) is 3.04. The van der Waals surface area contributed by atoms with Crippen molar-refractivity contribution in [1.82, 2.24) is 19.6 Å². The number of carbonyl (C=O) groups excluding carboxylic acids is 2. The lowest BCUT2D eigenvalue weighted by atomic mass is 9.72. The van der Waals surface area contributed by atoms with Crippen LogP contribution < -0.4 is 0 Å². The molecule has 7 heteroatoms. The molecule has 0 unspecified atom stereocenters. The van der Waals surface area contributed by atoms with E-state index < -0.39 is 0 Å². The van der Waals surface area contributed by atoms with Gasteiger partial charge in [0.15, 0.2) is 5.78 Å². The second-order valence-electron chi connectivity index (χ2n) is 10.4. The third kappa shape index (κ3) is 7.52. The molecule has 2 aliphatic heterocycles. The summed E-state index contributed by atoms with van der Waals surface area (Å²) < 4.78 is 5.56. The van der Waals surface area contributed by atoms with Crippen molar-refractivity contribution >= 4 is 11.7 Å². The van der Waals surface area contributed by atoms with E-state index in [1.54, 1.807) is 0 Å². The number of likely N-dealkylation sites (tertiary alicyclic amines) is 1. The second-order valence-corrected chi connectivity index (χ2v) is 10.4. The van der Waals surface area contributed by atoms with E-state index in [4.69, 9.17) is 4.74 Å². The minimum atomic E-state index is 0.277. The topological polar surface area (TPSA) is 56.3 Å². The number of rotatable bonds is 9. The summed E-state index contributed by atoms with van der Waals surface area (Å²) in [5, 5.41) is 0. The molecule has 33 heavy (non-hydrogen) atoms. The van der Waals surface area contributed by atoms with Crippen LogP contribution in [-0.4, -0.2) is 110 Å². The molecule has 0 bridgehead atoms. The van der Waals surface area contributed by atoms with Crippen LogP contribution in [0.25, 0.3) is 0 Å². The van der Waals surface area contributed by atoms with E-state index in [9.17, 15) is 9.59 Å². The van der Waals surface area contributed by atoms with E-state index in [1.165, 1.54) is 0 Å². The predicted molar refractivity (Wildman–Crippen MR) is 132 cm³/mol. The minimum Gasteiger partial charge on any atom is -0.383 e. The van der Waals surface area contributed by atoms with Gasteiger partial charge >= 0.3 is 0 Å².